The first-order valence-corrected chi connectivity index (χ1v) is 5.99. The minimum atomic E-state index is -0.343. The van der Waals surface area contributed by atoms with Gasteiger partial charge in [0.05, 0.1) is 12.7 Å². The summed E-state index contributed by atoms with van der Waals surface area (Å²) in [6, 6.07) is 1.83. The smallest absolute Gasteiger partial charge is 0.339 e. The lowest BCUT2D eigenvalue weighted by Gasteiger charge is -2.44. The summed E-state index contributed by atoms with van der Waals surface area (Å²) in [7, 11) is 1.38. The second kappa shape index (κ2) is 3.72. The molecule has 1 aromatic rings. The van der Waals surface area contributed by atoms with Crippen molar-refractivity contribution in [1.29, 1.82) is 0 Å². The molecule has 4 heteroatoms. The van der Waals surface area contributed by atoms with Crippen LogP contribution in [-0.2, 0) is 11.2 Å². The SMILES string of the molecule is COC(=O)c1cnc2c(c1)CCC1(CCC1)O2. The summed E-state index contributed by atoms with van der Waals surface area (Å²) in [5.74, 6) is 0.354. The summed E-state index contributed by atoms with van der Waals surface area (Å²) in [5, 5.41) is 0. The number of pyridine rings is 1. The lowest BCUT2D eigenvalue weighted by Crippen LogP contribution is -2.46. The van der Waals surface area contributed by atoms with E-state index in [0.29, 0.717) is 11.4 Å². The van der Waals surface area contributed by atoms with Crippen molar-refractivity contribution in [3.63, 3.8) is 0 Å². The fourth-order valence-electron chi connectivity index (χ4n) is 2.54. The topological polar surface area (TPSA) is 48.4 Å². The highest BCUT2D eigenvalue weighted by atomic mass is 16.5. The lowest BCUT2D eigenvalue weighted by atomic mass is 9.75. The van der Waals surface area contributed by atoms with Crippen molar-refractivity contribution in [3.05, 3.63) is 23.4 Å². The van der Waals surface area contributed by atoms with Crippen LogP contribution in [0, 0.1) is 0 Å². The van der Waals surface area contributed by atoms with Crippen LogP contribution in [0.3, 0.4) is 0 Å². The molecule has 1 saturated carbocycles. The number of methoxy groups -OCH3 is 1. The van der Waals surface area contributed by atoms with Crippen molar-refractivity contribution in [2.24, 2.45) is 0 Å². The van der Waals surface area contributed by atoms with Crippen LogP contribution in [0.2, 0.25) is 0 Å². The Morgan fingerprint density at radius 1 is 1.47 bits per heavy atom. The molecule has 1 spiro atoms. The van der Waals surface area contributed by atoms with E-state index < -0.39 is 0 Å². The van der Waals surface area contributed by atoms with E-state index in [0.717, 1.165) is 31.2 Å². The molecular weight excluding hydrogens is 218 g/mol. The Balaban J connectivity index is 1.88. The molecule has 0 aromatic carbocycles. The van der Waals surface area contributed by atoms with Crippen molar-refractivity contribution in [2.45, 2.75) is 37.7 Å². The Hall–Kier alpha value is -1.58. The highest BCUT2D eigenvalue weighted by Gasteiger charge is 2.42. The minimum Gasteiger partial charge on any atom is -0.471 e. The highest BCUT2D eigenvalue weighted by Crippen LogP contribution is 2.44. The van der Waals surface area contributed by atoms with E-state index in [1.807, 2.05) is 6.07 Å². The second-order valence-electron chi connectivity index (χ2n) is 4.82. The Bertz CT molecular complexity index is 466. The molecule has 0 radical (unpaired) electrons. The second-order valence-corrected chi connectivity index (χ2v) is 4.82. The van der Waals surface area contributed by atoms with Gasteiger partial charge in [0.1, 0.15) is 5.60 Å². The third kappa shape index (κ3) is 1.68. The largest absolute Gasteiger partial charge is 0.471 e. The maximum absolute atomic E-state index is 11.4. The standard InChI is InChI=1S/C13H15NO3/c1-16-12(15)10-7-9-3-6-13(4-2-5-13)17-11(9)14-8-10/h7-8H,2-6H2,1H3. The van der Waals surface area contributed by atoms with Gasteiger partial charge in [-0.1, -0.05) is 0 Å². The molecular formula is C13H15NO3. The third-order valence-electron chi connectivity index (χ3n) is 3.77. The first kappa shape index (κ1) is 10.6. The molecule has 1 aliphatic heterocycles. The molecule has 4 nitrogen and oxygen atoms in total. The third-order valence-corrected chi connectivity index (χ3v) is 3.77. The molecule has 0 bridgehead atoms. The fraction of sp³-hybridized carbons (Fsp3) is 0.538. The number of esters is 1. The van der Waals surface area contributed by atoms with E-state index in [1.54, 1.807) is 0 Å². The summed E-state index contributed by atoms with van der Waals surface area (Å²) in [4.78, 5) is 15.6. The van der Waals surface area contributed by atoms with Gasteiger partial charge in [-0.2, -0.15) is 0 Å². The maximum Gasteiger partial charge on any atom is 0.339 e. The molecule has 0 saturated heterocycles. The fourth-order valence-corrected chi connectivity index (χ4v) is 2.54. The van der Waals surface area contributed by atoms with Gasteiger partial charge in [-0.25, -0.2) is 9.78 Å². The van der Waals surface area contributed by atoms with Gasteiger partial charge in [0.2, 0.25) is 5.88 Å². The number of aromatic nitrogens is 1. The van der Waals surface area contributed by atoms with Crippen molar-refractivity contribution < 1.29 is 14.3 Å². The van der Waals surface area contributed by atoms with Crippen molar-refractivity contribution in [1.82, 2.24) is 4.98 Å². The molecule has 1 aromatic heterocycles. The maximum atomic E-state index is 11.4. The van der Waals surface area contributed by atoms with Crippen LogP contribution < -0.4 is 4.74 Å². The van der Waals surface area contributed by atoms with Gasteiger partial charge in [-0.05, 0) is 38.2 Å². The van der Waals surface area contributed by atoms with Gasteiger partial charge in [0.25, 0.3) is 0 Å². The molecule has 0 unspecified atom stereocenters. The number of carbonyl (C=O) groups is 1. The number of rotatable bonds is 1. The van der Waals surface area contributed by atoms with Crippen LogP contribution in [0.1, 0.15) is 41.6 Å². The van der Waals surface area contributed by atoms with Gasteiger partial charge < -0.3 is 9.47 Å². The predicted octanol–water partition coefficient (Wildman–Crippen LogP) is 2.12. The number of aryl methyl sites for hydroxylation is 1. The van der Waals surface area contributed by atoms with Crippen molar-refractivity contribution in [3.8, 4) is 5.88 Å². The average molecular weight is 233 g/mol. The zero-order valence-electron chi connectivity index (χ0n) is 9.86. The van der Waals surface area contributed by atoms with E-state index >= 15 is 0 Å². The summed E-state index contributed by atoms with van der Waals surface area (Å²) >= 11 is 0. The number of fused-ring (bicyclic) bond motifs is 1. The van der Waals surface area contributed by atoms with Gasteiger partial charge in [0.15, 0.2) is 0 Å². The number of nitrogens with zero attached hydrogens (tertiary/aromatic N) is 1. The molecule has 1 aliphatic carbocycles. The lowest BCUT2D eigenvalue weighted by molar-refractivity contribution is -0.0289. The van der Waals surface area contributed by atoms with E-state index in [-0.39, 0.29) is 11.6 Å². The number of hydrogen-bond acceptors (Lipinski definition) is 4. The molecule has 90 valence electrons. The van der Waals surface area contributed by atoms with Gasteiger partial charge >= 0.3 is 5.97 Å². The van der Waals surface area contributed by atoms with Crippen molar-refractivity contribution in [2.75, 3.05) is 7.11 Å². The number of carbonyl (C=O) groups excluding carboxylic acids is 1. The van der Waals surface area contributed by atoms with E-state index in [9.17, 15) is 4.79 Å². The van der Waals surface area contributed by atoms with Gasteiger partial charge in [-0.3, -0.25) is 0 Å². The van der Waals surface area contributed by atoms with Crippen LogP contribution in [0.4, 0.5) is 0 Å². The van der Waals surface area contributed by atoms with Gasteiger partial charge in [-0.15, -0.1) is 0 Å². The van der Waals surface area contributed by atoms with E-state index in [2.05, 4.69) is 9.72 Å². The van der Waals surface area contributed by atoms with Crippen LogP contribution in [-0.4, -0.2) is 23.7 Å². The van der Waals surface area contributed by atoms with Crippen LogP contribution in [0.15, 0.2) is 12.3 Å². The average Bonchev–Trinajstić information content (AvgIpc) is 2.34. The van der Waals surface area contributed by atoms with Crippen LogP contribution in [0.25, 0.3) is 0 Å². The summed E-state index contributed by atoms with van der Waals surface area (Å²) < 4.78 is 10.6. The van der Waals surface area contributed by atoms with Gasteiger partial charge in [0, 0.05) is 11.8 Å². The first-order valence-electron chi connectivity index (χ1n) is 5.99. The minimum absolute atomic E-state index is 0.0484. The quantitative estimate of drug-likeness (QED) is 0.697. The van der Waals surface area contributed by atoms with E-state index in [4.69, 9.17) is 4.74 Å². The number of hydrogen-bond donors (Lipinski definition) is 0. The normalized spacial score (nSPS) is 20.1. The molecule has 0 atom stereocenters. The molecule has 3 rings (SSSR count). The molecule has 1 fully saturated rings. The Morgan fingerprint density at radius 2 is 2.29 bits per heavy atom. The molecule has 2 heterocycles. The van der Waals surface area contributed by atoms with Crippen LogP contribution in [0.5, 0.6) is 5.88 Å². The Labute approximate surface area is 99.9 Å². The summed E-state index contributed by atoms with van der Waals surface area (Å²) in [6.07, 6.45) is 7.01. The first-order chi connectivity index (χ1) is 8.22. The molecule has 2 aliphatic rings. The predicted molar refractivity (Wildman–Crippen MR) is 61.1 cm³/mol. The number of ether oxygens (including phenoxy) is 2. The monoisotopic (exact) mass is 233 g/mol. The molecule has 17 heavy (non-hydrogen) atoms. The Morgan fingerprint density at radius 3 is 2.94 bits per heavy atom. The zero-order chi connectivity index (χ0) is 11.9. The molecule has 0 amide bonds. The zero-order valence-corrected chi connectivity index (χ0v) is 9.86. The Kier molecular flexibility index (Phi) is 2.31. The van der Waals surface area contributed by atoms with Crippen molar-refractivity contribution >= 4 is 5.97 Å². The summed E-state index contributed by atoms with van der Waals surface area (Å²) in [5.41, 5.74) is 1.57. The van der Waals surface area contributed by atoms with E-state index in [1.165, 1.54) is 19.7 Å². The van der Waals surface area contributed by atoms with Crippen LogP contribution >= 0.6 is 0 Å². The highest BCUT2D eigenvalue weighted by molar-refractivity contribution is 5.89. The molecule has 0 N–H and O–H groups in total. The summed E-state index contributed by atoms with van der Waals surface area (Å²) in [6.45, 7) is 0.